The first-order valence-corrected chi connectivity index (χ1v) is 32.1. The molecule has 1 unspecified atom stereocenters. The molecular weight excluding hydrogens is 1220 g/mol. The predicted octanol–water partition coefficient (Wildman–Crippen LogP) is -2.50. The number of carbonyl (C=O) groups excluding carboxylic acids is 7. The van der Waals surface area contributed by atoms with Gasteiger partial charge in [0.1, 0.15) is 42.9 Å². The smallest absolute Gasteiger partial charge is 0.251 e. The summed E-state index contributed by atoms with van der Waals surface area (Å²) in [5.74, 6) is -8.50. The fourth-order valence-corrected chi connectivity index (χ4v) is 13.2. The number of aromatic hydroxyl groups is 1. The Hall–Kier alpha value is -8.19. The van der Waals surface area contributed by atoms with Crippen molar-refractivity contribution in [3.05, 3.63) is 114 Å². The second-order valence-electron chi connectivity index (χ2n) is 25.1. The van der Waals surface area contributed by atoms with Crippen LogP contribution in [0.3, 0.4) is 0 Å². The molecule has 0 radical (unpaired) electrons. The van der Waals surface area contributed by atoms with Crippen LogP contribution in [-0.4, -0.2) is 245 Å². The number of rotatable bonds is 17. The standard InChI is InChI=1S/C66H90N12O16/c1-38-36-78-57(58(38)85)63(90)69-35-46(80)33-48(70-59(86)41-10-12-43(13-11-41)75-26-28-76(29-27-75)45-16-14-44(15-17-45)74-24-20-66(93-3,21-25-74)42-7-5-4-6-8-42)60(87)71-54(39(2)79)64(91)77-37-47(81)34-49(77)61(88)72-55(62(89)73-56(65(78)92)51(83)19-22-67)52(84)31-40-9-18-50(82)53(32-40)94-30-23-68/h4-18,32,38-39,46-49,51-52,54-58,79-85H,19-31,33-37,67-68H2,1-3H3,(H,69,90)(H,70,86)(H,71,87)(H,72,88)(H,73,89)/t38-,39+,46+,47+,48?,49-,51+,52+,54-,55-,56-,57-,58-/m0/s1. The van der Waals surface area contributed by atoms with E-state index in [1.165, 1.54) is 30.7 Å². The minimum absolute atomic E-state index is 0.00178. The molecule has 5 aliphatic rings. The zero-order valence-electron chi connectivity index (χ0n) is 53.2. The van der Waals surface area contributed by atoms with E-state index in [0.29, 0.717) is 13.1 Å². The van der Waals surface area contributed by atoms with Crippen LogP contribution in [-0.2, 0) is 45.5 Å². The van der Waals surface area contributed by atoms with Gasteiger partial charge in [-0.2, -0.15) is 0 Å². The number of phenols is 1. The normalized spacial score (nSPS) is 27.0. The van der Waals surface area contributed by atoms with Crippen LogP contribution in [0.5, 0.6) is 11.5 Å². The van der Waals surface area contributed by atoms with Crippen LogP contribution in [0.15, 0.2) is 97.1 Å². The number of hydrogen-bond donors (Lipinski definition) is 14. The number of methoxy groups -OCH3 is 1. The Morgan fingerprint density at radius 1 is 0.670 bits per heavy atom. The maximum atomic E-state index is 14.7. The third kappa shape index (κ3) is 16.3. The molecule has 9 rings (SSSR count). The lowest BCUT2D eigenvalue weighted by Gasteiger charge is -2.42. The molecule has 0 bridgehead atoms. The van der Waals surface area contributed by atoms with Crippen LogP contribution in [0.25, 0.3) is 0 Å². The lowest BCUT2D eigenvalue weighted by Crippen LogP contribution is -2.64. The minimum atomic E-state index is -2.04. The number of piperazine rings is 1. The molecule has 4 aromatic rings. The van der Waals surface area contributed by atoms with Gasteiger partial charge in [0.05, 0.1) is 42.2 Å². The molecule has 16 N–H and O–H groups in total. The molecule has 28 heteroatoms. The molecule has 5 fully saturated rings. The number of anilines is 3. The Bertz CT molecular complexity index is 3260. The highest BCUT2D eigenvalue weighted by molar-refractivity contribution is 6.00. The van der Waals surface area contributed by atoms with E-state index >= 15 is 0 Å². The summed E-state index contributed by atoms with van der Waals surface area (Å²) in [5.41, 5.74) is 15.7. The van der Waals surface area contributed by atoms with E-state index in [0.717, 1.165) is 65.9 Å². The molecule has 5 heterocycles. The number of carbonyl (C=O) groups is 7. The van der Waals surface area contributed by atoms with Crippen LogP contribution < -0.4 is 57.5 Å². The van der Waals surface area contributed by atoms with Gasteiger partial charge in [-0.05, 0) is 105 Å². The first kappa shape index (κ1) is 70.1. The van der Waals surface area contributed by atoms with Crippen molar-refractivity contribution in [1.82, 2.24) is 36.4 Å². The van der Waals surface area contributed by atoms with Crippen molar-refractivity contribution >= 4 is 58.4 Å². The van der Waals surface area contributed by atoms with E-state index in [1.54, 1.807) is 38.3 Å². The fourth-order valence-electron chi connectivity index (χ4n) is 13.2. The molecule has 4 aromatic carbocycles. The van der Waals surface area contributed by atoms with E-state index < -0.39 is 152 Å². The Labute approximate surface area is 545 Å². The van der Waals surface area contributed by atoms with Crippen LogP contribution in [0.2, 0.25) is 0 Å². The predicted molar refractivity (Wildman–Crippen MR) is 345 cm³/mol. The molecule has 7 amide bonds. The quantitative estimate of drug-likeness (QED) is 0.0519. The number of nitrogens with two attached hydrogens (primary N) is 2. The number of fused-ring (bicyclic) bond motifs is 2. The van der Waals surface area contributed by atoms with Crippen molar-refractivity contribution in [2.75, 3.05) is 100 Å². The number of hydrogen-bond acceptors (Lipinski definition) is 21. The summed E-state index contributed by atoms with van der Waals surface area (Å²) in [6.07, 6.45) is -10.0. The van der Waals surface area contributed by atoms with Crippen LogP contribution in [0, 0.1) is 5.92 Å². The second-order valence-corrected chi connectivity index (χ2v) is 25.1. The van der Waals surface area contributed by atoms with Gasteiger partial charge >= 0.3 is 0 Å². The van der Waals surface area contributed by atoms with E-state index in [2.05, 4.69) is 77.7 Å². The highest BCUT2D eigenvalue weighted by Gasteiger charge is 2.50. The number of β-amino-alcohol motifs (C(OH)–C–C–N with tert-alkyl or cyclic N) is 1. The monoisotopic (exact) mass is 1310 g/mol. The number of aliphatic hydroxyl groups excluding tert-OH is 6. The van der Waals surface area contributed by atoms with E-state index in [1.807, 2.05) is 18.2 Å². The van der Waals surface area contributed by atoms with Crippen molar-refractivity contribution in [2.45, 2.75) is 131 Å². The maximum absolute atomic E-state index is 14.7. The topological polar surface area (TPSA) is 408 Å². The third-order valence-electron chi connectivity index (χ3n) is 18.7. The first-order chi connectivity index (χ1) is 45.0. The number of benzene rings is 4. The minimum Gasteiger partial charge on any atom is -0.504 e. The number of nitrogens with one attached hydrogen (secondary N) is 5. The molecule has 5 aliphatic heterocycles. The van der Waals surface area contributed by atoms with Crippen LogP contribution in [0.1, 0.15) is 67.4 Å². The summed E-state index contributed by atoms with van der Waals surface area (Å²) in [5, 5.41) is 91.6. The van der Waals surface area contributed by atoms with Crippen molar-refractivity contribution < 1.29 is 78.8 Å². The summed E-state index contributed by atoms with van der Waals surface area (Å²) < 4.78 is 11.6. The van der Waals surface area contributed by atoms with E-state index in [4.69, 9.17) is 20.9 Å². The van der Waals surface area contributed by atoms with Gasteiger partial charge < -0.3 is 108 Å². The molecule has 28 nitrogen and oxygen atoms in total. The lowest BCUT2D eigenvalue weighted by atomic mass is 9.84. The van der Waals surface area contributed by atoms with E-state index in [9.17, 15) is 69.3 Å². The van der Waals surface area contributed by atoms with Gasteiger partial charge in [-0.15, -0.1) is 0 Å². The number of amides is 7. The summed E-state index contributed by atoms with van der Waals surface area (Å²) in [7, 11) is 1.79. The van der Waals surface area contributed by atoms with E-state index in [-0.39, 0.29) is 60.9 Å². The number of nitrogens with zero attached hydrogens (tertiary/aromatic N) is 5. The molecule has 5 saturated heterocycles. The Kier molecular flexibility index (Phi) is 23.4. The molecule has 0 aliphatic carbocycles. The zero-order chi connectivity index (χ0) is 67.5. The van der Waals surface area contributed by atoms with Gasteiger partial charge in [-0.3, -0.25) is 33.6 Å². The van der Waals surface area contributed by atoms with Gasteiger partial charge in [0.25, 0.3) is 5.91 Å². The molecule has 0 aromatic heterocycles. The average Bonchev–Trinajstić information content (AvgIpc) is 1.64. The first-order valence-electron chi connectivity index (χ1n) is 32.1. The Morgan fingerprint density at radius 2 is 1.26 bits per heavy atom. The number of piperidine rings is 1. The molecule has 510 valence electrons. The average molecular weight is 1310 g/mol. The van der Waals surface area contributed by atoms with Gasteiger partial charge in [0.15, 0.2) is 11.5 Å². The van der Waals surface area contributed by atoms with Gasteiger partial charge in [0, 0.05) is 120 Å². The molecule has 94 heavy (non-hydrogen) atoms. The Balaban J connectivity index is 0.922. The molecule has 0 saturated carbocycles. The van der Waals surface area contributed by atoms with Crippen LogP contribution >= 0.6 is 0 Å². The van der Waals surface area contributed by atoms with Gasteiger partial charge in [-0.1, -0.05) is 43.3 Å². The van der Waals surface area contributed by atoms with Crippen molar-refractivity contribution in [3.63, 3.8) is 0 Å². The third-order valence-corrected chi connectivity index (χ3v) is 18.7. The van der Waals surface area contributed by atoms with Crippen molar-refractivity contribution in [3.8, 4) is 11.5 Å². The largest absolute Gasteiger partial charge is 0.504 e. The summed E-state index contributed by atoms with van der Waals surface area (Å²) >= 11 is 0. The highest BCUT2D eigenvalue weighted by Crippen LogP contribution is 2.38. The highest BCUT2D eigenvalue weighted by atomic mass is 16.5. The fraction of sp³-hybridized carbons (Fsp3) is 0.530. The number of aliphatic hydroxyl groups is 6. The second kappa shape index (κ2) is 31.4. The number of ether oxygens (including phenoxy) is 2. The number of phenolic OH excluding ortho intramolecular Hbond substituents is 1. The summed E-state index contributed by atoms with van der Waals surface area (Å²) in [6, 6.07) is 18.8. The van der Waals surface area contributed by atoms with Gasteiger partial charge in [-0.25, -0.2) is 0 Å². The van der Waals surface area contributed by atoms with Crippen LogP contribution in [0.4, 0.5) is 17.1 Å². The maximum Gasteiger partial charge on any atom is 0.251 e. The molecule has 0 spiro atoms. The zero-order valence-corrected chi connectivity index (χ0v) is 53.2. The Morgan fingerprint density at radius 3 is 1.85 bits per heavy atom. The van der Waals surface area contributed by atoms with Crippen molar-refractivity contribution in [2.24, 2.45) is 17.4 Å². The van der Waals surface area contributed by atoms with Crippen molar-refractivity contribution in [1.29, 1.82) is 0 Å². The SMILES string of the molecule is COC1(c2ccccc2)CCN(c2ccc(N3CCN(c4ccc(C(=O)NC5C[C@@H](O)CNC(=O)[C@@H]6[C@@H](O)[C@@H](C)CN6C(=O)[C@H]([C@H](O)CCN)NC(=O)[C@H]([C@H](O)Cc6ccc(O)c(OCCN)c6)NC(=O)[C@@H]6C[C@@H](O)CN6C(=O)[C@H]([C@@H](C)O)NC5=O)cc4)CC3)cc2)CC1. The lowest BCUT2D eigenvalue weighted by molar-refractivity contribution is -0.147. The summed E-state index contributed by atoms with van der Waals surface area (Å²) in [4.78, 5) is 110. The molecular formula is C66H90N12O16. The van der Waals surface area contributed by atoms with Gasteiger partial charge in [0.2, 0.25) is 35.4 Å². The molecule has 13 atom stereocenters. The summed E-state index contributed by atoms with van der Waals surface area (Å²) in [6.45, 7) is 5.63.